The highest BCUT2D eigenvalue weighted by Gasteiger charge is 2.35. The van der Waals surface area contributed by atoms with Crippen LogP contribution >= 0.6 is 0 Å². The second-order valence-corrected chi connectivity index (χ2v) is 13.5. The number of carbonyl (C=O) groups is 2. The Morgan fingerprint density at radius 1 is 0.756 bits per heavy atom. The summed E-state index contributed by atoms with van der Waals surface area (Å²) in [5.41, 5.74) is 4.85. The fourth-order valence-electron chi connectivity index (χ4n) is 5.08. The Labute approximate surface area is 268 Å². The Morgan fingerprint density at radius 2 is 1.33 bits per heavy atom. The molecule has 0 saturated carbocycles. The van der Waals surface area contributed by atoms with Crippen LogP contribution in [-0.2, 0) is 32.6 Å². The number of anilines is 1. The molecule has 0 aliphatic heterocycles. The van der Waals surface area contributed by atoms with E-state index in [-0.39, 0.29) is 29.8 Å². The van der Waals surface area contributed by atoms with Crippen LogP contribution in [0, 0.1) is 20.8 Å². The van der Waals surface area contributed by atoms with Crippen LogP contribution in [0.2, 0.25) is 0 Å². The Kier molecular flexibility index (Phi) is 11.2. The molecular weight excluding hydrogens is 582 g/mol. The van der Waals surface area contributed by atoms with Crippen LogP contribution in [-0.4, -0.2) is 43.8 Å². The van der Waals surface area contributed by atoms with Crippen molar-refractivity contribution >= 4 is 27.5 Å². The highest BCUT2D eigenvalue weighted by Crippen LogP contribution is 2.28. The van der Waals surface area contributed by atoms with Gasteiger partial charge in [-0.25, -0.2) is 8.42 Å². The number of sulfonamides is 1. The van der Waals surface area contributed by atoms with Crippen molar-refractivity contribution in [2.24, 2.45) is 0 Å². The summed E-state index contributed by atoms with van der Waals surface area (Å²) in [6.45, 7) is 9.27. The molecule has 236 valence electrons. The highest BCUT2D eigenvalue weighted by molar-refractivity contribution is 7.92. The Hall–Kier alpha value is -4.43. The fourth-order valence-corrected chi connectivity index (χ4v) is 6.56. The van der Waals surface area contributed by atoms with Gasteiger partial charge in [-0.15, -0.1) is 0 Å². The third-order valence-electron chi connectivity index (χ3n) is 8.02. The molecule has 0 aliphatic carbocycles. The van der Waals surface area contributed by atoms with E-state index < -0.39 is 28.5 Å². The van der Waals surface area contributed by atoms with Crippen LogP contribution in [0.25, 0.3) is 0 Å². The third-order valence-corrected chi connectivity index (χ3v) is 9.79. The zero-order valence-corrected chi connectivity index (χ0v) is 27.6. The van der Waals surface area contributed by atoms with E-state index >= 15 is 0 Å². The van der Waals surface area contributed by atoms with E-state index in [4.69, 9.17) is 0 Å². The van der Waals surface area contributed by atoms with Crippen LogP contribution in [0.3, 0.4) is 0 Å². The standard InChI is InChI=1S/C37H43N3O4S/c1-6-30(5)38-37(42)35(24-31-13-8-7-9-14-31)39(25-32-20-16-27(2)17-21-32)36(41)26-40(34-15-11-10-12-29(34)4)45(43,44)33-22-18-28(3)19-23-33/h7-23,30,35H,6,24-26H2,1-5H3,(H,38,42)/t30-,35-/m0/s1. The zero-order chi connectivity index (χ0) is 32.6. The summed E-state index contributed by atoms with van der Waals surface area (Å²) in [7, 11) is -4.14. The number of para-hydroxylation sites is 1. The van der Waals surface area contributed by atoms with Crippen molar-refractivity contribution in [3.8, 4) is 0 Å². The van der Waals surface area contributed by atoms with Gasteiger partial charge in [-0.05, 0) is 69.0 Å². The van der Waals surface area contributed by atoms with Gasteiger partial charge in [-0.3, -0.25) is 13.9 Å². The van der Waals surface area contributed by atoms with E-state index in [0.29, 0.717) is 11.3 Å². The van der Waals surface area contributed by atoms with Crippen LogP contribution in [0.15, 0.2) is 108 Å². The molecule has 0 radical (unpaired) electrons. The Morgan fingerprint density at radius 3 is 1.93 bits per heavy atom. The predicted octanol–water partition coefficient (Wildman–Crippen LogP) is 6.36. The lowest BCUT2D eigenvalue weighted by Crippen LogP contribution is -2.54. The van der Waals surface area contributed by atoms with E-state index in [1.54, 1.807) is 36.4 Å². The molecule has 8 heteroatoms. The van der Waals surface area contributed by atoms with Crippen LogP contribution < -0.4 is 9.62 Å². The van der Waals surface area contributed by atoms with E-state index in [1.807, 2.05) is 101 Å². The van der Waals surface area contributed by atoms with Gasteiger partial charge in [0.25, 0.3) is 10.0 Å². The second-order valence-electron chi connectivity index (χ2n) is 11.6. The van der Waals surface area contributed by atoms with Crippen molar-refractivity contribution in [3.63, 3.8) is 0 Å². The van der Waals surface area contributed by atoms with Gasteiger partial charge in [-0.1, -0.05) is 103 Å². The average Bonchev–Trinajstić information content (AvgIpc) is 3.03. The quantitative estimate of drug-likeness (QED) is 0.187. The molecule has 0 spiro atoms. The van der Waals surface area contributed by atoms with Gasteiger partial charge >= 0.3 is 0 Å². The highest BCUT2D eigenvalue weighted by atomic mass is 32.2. The molecule has 4 rings (SSSR count). The number of benzene rings is 4. The van der Waals surface area contributed by atoms with Gasteiger partial charge in [-0.2, -0.15) is 0 Å². The molecule has 0 unspecified atom stereocenters. The van der Waals surface area contributed by atoms with E-state index in [0.717, 1.165) is 28.7 Å². The Balaban J connectivity index is 1.81. The lowest BCUT2D eigenvalue weighted by molar-refractivity contribution is -0.140. The van der Waals surface area contributed by atoms with Crippen molar-refractivity contribution < 1.29 is 18.0 Å². The van der Waals surface area contributed by atoms with Crippen molar-refractivity contribution in [1.29, 1.82) is 0 Å². The molecule has 45 heavy (non-hydrogen) atoms. The Bertz CT molecular complexity index is 1690. The van der Waals surface area contributed by atoms with Gasteiger partial charge in [0, 0.05) is 19.0 Å². The molecule has 2 amide bonds. The van der Waals surface area contributed by atoms with Gasteiger partial charge in [0.05, 0.1) is 10.6 Å². The molecule has 0 bridgehead atoms. The maximum Gasteiger partial charge on any atom is 0.264 e. The maximum absolute atomic E-state index is 14.6. The topological polar surface area (TPSA) is 86.8 Å². The van der Waals surface area contributed by atoms with Crippen LogP contribution in [0.1, 0.15) is 48.1 Å². The first-order valence-electron chi connectivity index (χ1n) is 15.3. The number of nitrogens with zero attached hydrogens (tertiary/aromatic N) is 2. The van der Waals surface area contributed by atoms with Crippen molar-refractivity contribution in [1.82, 2.24) is 10.2 Å². The third kappa shape index (κ3) is 8.60. The minimum Gasteiger partial charge on any atom is -0.352 e. The molecule has 0 heterocycles. The first-order valence-corrected chi connectivity index (χ1v) is 16.8. The lowest BCUT2D eigenvalue weighted by Gasteiger charge is -2.34. The molecule has 4 aromatic rings. The average molecular weight is 626 g/mol. The normalized spacial score (nSPS) is 12.6. The van der Waals surface area contributed by atoms with E-state index in [2.05, 4.69) is 5.32 Å². The van der Waals surface area contributed by atoms with Crippen LogP contribution in [0.5, 0.6) is 0 Å². The number of amides is 2. The smallest absolute Gasteiger partial charge is 0.264 e. The fraction of sp³-hybridized carbons (Fsp3) is 0.297. The first-order chi connectivity index (χ1) is 21.5. The molecule has 2 atom stereocenters. The summed E-state index contributed by atoms with van der Waals surface area (Å²) >= 11 is 0. The minimum absolute atomic E-state index is 0.0876. The van der Waals surface area contributed by atoms with E-state index in [1.165, 1.54) is 9.21 Å². The summed E-state index contributed by atoms with van der Waals surface area (Å²) in [4.78, 5) is 30.1. The summed E-state index contributed by atoms with van der Waals surface area (Å²) in [6.07, 6.45) is 1.00. The molecular formula is C37H43N3O4S. The maximum atomic E-state index is 14.6. The van der Waals surface area contributed by atoms with Crippen molar-refractivity contribution in [3.05, 3.63) is 131 Å². The predicted molar refractivity (Wildman–Crippen MR) is 180 cm³/mol. The van der Waals surface area contributed by atoms with Crippen molar-refractivity contribution in [2.45, 2.75) is 71.0 Å². The number of hydrogen-bond acceptors (Lipinski definition) is 4. The summed E-state index contributed by atoms with van der Waals surface area (Å²) in [6, 6.07) is 30.1. The molecule has 0 saturated heterocycles. The number of rotatable bonds is 13. The van der Waals surface area contributed by atoms with E-state index in [9.17, 15) is 18.0 Å². The summed E-state index contributed by atoms with van der Waals surface area (Å²) in [5, 5.41) is 3.07. The van der Waals surface area contributed by atoms with Gasteiger partial charge in [0.2, 0.25) is 11.8 Å². The van der Waals surface area contributed by atoms with Crippen LogP contribution in [0.4, 0.5) is 5.69 Å². The molecule has 0 aromatic heterocycles. The number of aryl methyl sites for hydroxylation is 3. The second kappa shape index (κ2) is 15.0. The number of hydrogen-bond donors (Lipinski definition) is 1. The van der Waals surface area contributed by atoms with Gasteiger partial charge in [0.15, 0.2) is 0 Å². The number of nitrogens with one attached hydrogen (secondary N) is 1. The van der Waals surface area contributed by atoms with Gasteiger partial charge in [0.1, 0.15) is 12.6 Å². The largest absolute Gasteiger partial charge is 0.352 e. The monoisotopic (exact) mass is 625 g/mol. The molecule has 4 aromatic carbocycles. The number of carbonyl (C=O) groups excluding carboxylic acids is 2. The molecule has 0 fully saturated rings. The SMILES string of the molecule is CC[C@H](C)NC(=O)[C@H](Cc1ccccc1)N(Cc1ccc(C)cc1)C(=O)CN(c1ccccc1C)S(=O)(=O)c1ccc(C)cc1. The zero-order valence-electron chi connectivity index (χ0n) is 26.7. The minimum atomic E-state index is -4.14. The molecule has 0 aliphatic rings. The molecule has 7 nitrogen and oxygen atoms in total. The lowest BCUT2D eigenvalue weighted by atomic mass is 10.0. The first kappa shape index (κ1) is 33.5. The van der Waals surface area contributed by atoms with Crippen molar-refractivity contribution in [2.75, 3.05) is 10.8 Å². The van der Waals surface area contributed by atoms with Gasteiger partial charge < -0.3 is 10.2 Å². The molecule has 1 N–H and O–H groups in total. The summed E-state index contributed by atoms with van der Waals surface area (Å²) in [5.74, 6) is -0.757. The summed E-state index contributed by atoms with van der Waals surface area (Å²) < 4.78 is 29.6.